The fourth-order valence-electron chi connectivity index (χ4n) is 1.63. The smallest absolute Gasteiger partial charge is 0.319 e. The number of nitrogens with two attached hydrogens (primary N) is 1. The monoisotopic (exact) mass is 234 g/mol. The standard InChI is InChI=1S/C11H14N4O2/c12-10(16)3-4-13-8-2-1-7-6-14-11(17)15-9(7)5-8/h1-2,5,13H,3-4,6H2,(H2,12,16)(H2,14,15,17). The minimum absolute atomic E-state index is 0.202. The molecule has 3 amide bonds. The van der Waals surface area contributed by atoms with Gasteiger partial charge in [0, 0.05) is 30.9 Å². The predicted molar refractivity (Wildman–Crippen MR) is 64.6 cm³/mol. The first-order chi connectivity index (χ1) is 8.15. The predicted octanol–water partition coefficient (Wildman–Crippen LogP) is 0.609. The van der Waals surface area contributed by atoms with Gasteiger partial charge in [0.25, 0.3) is 0 Å². The van der Waals surface area contributed by atoms with Crippen molar-refractivity contribution in [2.75, 3.05) is 17.2 Å². The second-order valence-corrected chi connectivity index (χ2v) is 3.82. The molecule has 0 saturated carbocycles. The summed E-state index contributed by atoms with van der Waals surface area (Å²) in [7, 11) is 0. The van der Waals surface area contributed by atoms with Crippen LogP contribution in [0.2, 0.25) is 0 Å². The van der Waals surface area contributed by atoms with Crippen molar-refractivity contribution in [3.05, 3.63) is 23.8 Å². The number of rotatable bonds is 4. The number of amides is 3. The maximum atomic E-state index is 11.1. The van der Waals surface area contributed by atoms with Crippen LogP contribution in [0.25, 0.3) is 0 Å². The lowest BCUT2D eigenvalue weighted by molar-refractivity contribution is -0.117. The third kappa shape index (κ3) is 2.87. The molecule has 90 valence electrons. The van der Waals surface area contributed by atoms with Gasteiger partial charge in [-0.15, -0.1) is 0 Å². The van der Waals surface area contributed by atoms with E-state index in [1.165, 1.54) is 0 Å². The average Bonchev–Trinajstić information content (AvgIpc) is 2.28. The summed E-state index contributed by atoms with van der Waals surface area (Å²) in [5, 5.41) is 8.47. The van der Waals surface area contributed by atoms with Crippen molar-refractivity contribution in [3.63, 3.8) is 0 Å². The minimum Gasteiger partial charge on any atom is -0.384 e. The molecule has 2 rings (SSSR count). The van der Waals surface area contributed by atoms with E-state index in [1.807, 2.05) is 18.2 Å². The Balaban J connectivity index is 2.02. The van der Waals surface area contributed by atoms with E-state index >= 15 is 0 Å². The van der Waals surface area contributed by atoms with Gasteiger partial charge < -0.3 is 21.7 Å². The summed E-state index contributed by atoms with van der Waals surface area (Å²) in [6, 6.07) is 5.47. The highest BCUT2D eigenvalue weighted by molar-refractivity contribution is 5.92. The molecule has 1 heterocycles. The highest BCUT2D eigenvalue weighted by Gasteiger charge is 2.13. The number of nitrogens with one attached hydrogen (secondary N) is 3. The highest BCUT2D eigenvalue weighted by atomic mass is 16.2. The van der Waals surface area contributed by atoms with E-state index < -0.39 is 0 Å². The summed E-state index contributed by atoms with van der Waals surface area (Å²) < 4.78 is 0. The van der Waals surface area contributed by atoms with Crippen molar-refractivity contribution in [1.82, 2.24) is 5.32 Å². The Morgan fingerprint density at radius 1 is 1.47 bits per heavy atom. The second kappa shape index (κ2) is 4.73. The second-order valence-electron chi connectivity index (χ2n) is 3.82. The summed E-state index contributed by atoms with van der Waals surface area (Å²) in [4.78, 5) is 21.7. The molecule has 0 aromatic heterocycles. The zero-order chi connectivity index (χ0) is 12.3. The molecule has 17 heavy (non-hydrogen) atoms. The lowest BCUT2D eigenvalue weighted by Crippen LogP contribution is -2.33. The van der Waals surface area contributed by atoms with Gasteiger partial charge >= 0.3 is 6.03 Å². The first-order valence-corrected chi connectivity index (χ1v) is 5.35. The molecular formula is C11H14N4O2. The normalized spacial score (nSPS) is 13.3. The van der Waals surface area contributed by atoms with E-state index in [9.17, 15) is 9.59 Å². The van der Waals surface area contributed by atoms with Gasteiger partial charge in [-0.25, -0.2) is 4.79 Å². The molecule has 1 aromatic carbocycles. The Morgan fingerprint density at radius 2 is 2.29 bits per heavy atom. The first kappa shape index (κ1) is 11.3. The maximum Gasteiger partial charge on any atom is 0.319 e. The number of urea groups is 1. The largest absolute Gasteiger partial charge is 0.384 e. The third-order valence-electron chi connectivity index (χ3n) is 2.50. The fraction of sp³-hybridized carbons (Fsp3) is 0.273. The van der Waals surface area contributed by atoms with E-state index in [0.717, 1.165) is 16.9 Å². The molecule has 1 aliphatic rings. The molecule has 0 fully saturated rings. The lowest BCUT2D eigenvalue weighted by Gasteiger charge is -2.19. The summed E-state index contributed by atoms with van der Waals surface area (Å²) in [6.07, 6.45) is 0.283. The molecule has 1 aromatic rings. The van der Waals surface area contributed by atoms with Gasteiger partial charge in [-0.05, 0) is 17.7 Å². The molecule has 0 aliphatic carbocycles. The zero-order valence-electron chi connectivity index (χ0n) is 9.25. The fourth-order valence-corrected chi connectivity index (χ4v) is 1.63. The number of hydrogen-bond acceptors (Lipinski definition) is 3. The number of carbonyl (C=O) groups excluding carboxylic acids is 2. The number of anilines is 2. The van der Waals surface area contributed by atoms with Crippen LogP contribution in [0, 0.1) is 0 Å². The van der Waals surface area contributed by atoms with Crippen LogP contribution in [0.5, 0.6) is 0 Å². The van der Waals surface area contributed by atoms with Gasteiger partial charge in [0.05, 0.1) is 0 Å². The van der Waals surface area contributed by atoms with E-state index in [0.29, 0.717) is 13.1 Å². The van der Waals surface area contributed by atoms with Crippen LogP contribution in [0.4, 0.5) is 16.2 Å². The van der Waals surface area contributed by atoms with E-state index in [4.69, 9.17) is 5.73 Å². The van der Waals surface area contributed by atoms with Crippen molar-refractivity contribution in [2.24, 2.45) is 5.73 Å². The Labute approximate surface area is 98.6 Å². The number of hydrogen-bond donors (Lipinski definition) is 4. The Kier molecular flexibility index (Phi) is 3.13. The molecule has 5 N–H and O–H groups in total. The van der Waals surface area contributed by atoms with Gasteiger partial charge in [-0.2, -0.15) is 0 Å². The van der Waals surface area contributed by atoms with Gasteiger partial charge in [-0.1, -0.05) is 6.07 Å². The summed E-state index contributed by atoms with van der Waals surface area (Å²) in [5.41, 5.74) is 7.72. The zero-order valence-corrected chi connectivity index (χ0v) is 9.25. The molecule has 0 bridgehead atoms. The van der Waals surface area contributed by atoms with Crippen molar-refractivity contribution < 1.29 is 9.59 Å². The van der Waals surface area contributed by atoms with Crippen molar-refractivity contribution in [3.8, 4) is 0 Å². The molecular weight excluding hydrogens is 220 g/mol. The molecule has 6 nitrogen and oxygen atoms in total. The SMILES string of the molecule is NC(=O)CCNc1ccc2c(c1)NC(=O)NC2. The molecule has 0 unspecified atom stereocenters. The maximum absolute atomic E-state index is 11.1. The van der Waals surface area contributed by atoms with Crippen molar-refractivity contribution in [1.29, 1.82) is 0 Å². The molecule has 0 atom stereocenters. The quantitative estimate of drug-likeness (QED) is 0.614. The van der Waals surface area contributed by atoms with E-state index in [-0.39, 0.29) is 18.4 Å². The van der Waals surface area contributed by atoms with Gasteiger partial charge in [0.2, 0.25) is 5.91 Å². The third-order valence-corrected chi connectivity index (χ3v) is 2.50. The van der Waals surface area contributed by atoms with Crippen LogP contribution in [-0.4, -0.2) is 18.5 Å². The molecule has 6 heteroatoms. The topological polar surface area (TPSA) is 96.2 Å². The van der Waals surface area contributed by atoms with Crippen molar-refractivity contribution in [2.45, 2.75) is 13.0 Å². The molecule has 0 radical (unpaired) electrons. The molecule has 0 saturated heterocycles. The molecule has 1 aliphatic heterocycles. The number of carbonyl (C=O) groups is 2. The lowest BCUT2D eigenvalue weighted by atomic mass is 10.1. The van der Waals surface area contributed by atoms with Crippen molar-refractivity contribution >= 4 is 23.3 Å². The van der Waals surface area contributed by atoms with Crippen LogP contribution < -0.4 is 21.7 Å². The minimum atomic E-state index is -0.340. The number of primary amides is 1. The average molecular weight is 234 g/mol. The van der Waals surface area contributed by atoms with Gasteiger partial charge in [0.15, 0.2) is 0 Å². The number of benzene rings is 1. The van der Waals surface area contributed by atoms with Crippen LogP contribution in [0.15, 0.2) is 18.2 Å². The summed E-state index contributed by atoms with van der Waals surface area (Å²) in [5.74, 6) is -0.340. The Morgan fingerprint density at radius 3 is 3.06 bits per heavy atom. The van der Waals surface area contributed by atoms with Crippen LogP contribution in [0.3, 0.4) is 0 Å². The Bertz CT molecular complexity index is 459. The van der Waals surface area contributed by atoms with E-state index in [2.05, 4.69) is 16.0 Å². The Hall–Kier alpha value is -2.24. The van der Waals surface area contributed by atoms with Crippen LogP contribution in [-0.2, 0) is 11.3 Å². The first-order valence-electron chi connectivity index (χ1n) is 5.35. The van der Waals surface area contributed by atoms with Gasteiger partial charge in [0.1, 0.15) is 0 Å². The van der Waals surface area contributed by atoms with E-state index in [1.54, 1.807) is 0 Å². The highest BCUT2D eigenvalue weighted by Crippen LogP contribution is 2.23. The number of fused-ring (bicyclic) bond motifs is 1. The summed E-state index contributed by atoms with van der Waals surface area (Å²) >= 11 is 0. The van der Waals surface area contributed by atoms with Crippen LogP contribution in [0.1, 0.15) is 12.0 Å². The summed E-state index contributed by atoms with van der Waals surface area (Å²) in [6.45, 7) is 1.02. The molecule has 0 spiro atoms. The van der Waals surface area contributed by atoms with Crippen LogP contribution >= 0.6 is 0 Å². The van der Waals surface area contributed by atoms with Gasteiger partial charge in [-0.3, -0.25) is 4.79 Å².